The van der Waals surface area contributed by atoms with E-state index >= 15 is 0 Å². The highest BCUT2D eigenvalue weighted by atomic mass is 35.5. The first kappa shape index (κ1) is 17.8. The second-order valence-corrected chi connectivity index (χ2v) is 6.00. The average Bonchev–Trinajstić information content (AvgIpc) is 3.08. The first-order valence-corrected chi connectivity index (χ1v) is 8.07. The molecule has 2 aromatic carbocycles. The number of rotatable bonds is 6. The summed E-state index contributed by atoms with van der Waals surface area (Å²) in [6.07, 6.45) is 0. The lowest BCUT2D eigenvalue weighted by atomic mass is 10.1. The largest absolute Gasteiger partial charge is 0.477 e. The van der Waals surface area contributed by atoms with Crippen molar-refractivity contribution in [3.05, 3.63) is 57.1 Å². The Morgan fingerprint density at radius 1 is 1.31 bits per heavy atom. The lowest BCUT2D eigenvalue weighted by Gasteiger charge is -2.15. The topological polar surface area (TPSA) is 99.9 Å². The van der Waals surface area contributed by atoms with Crippen LogP contribution in [0.3, 0.4) is 0 Å². The summed E-state index contributed by atoms with van der Waals surface area (Å²) in [5.41, 5.74) is 0.536. The lowest BCUT2D eigenvalue weighted by molar-refractivity contribution is -0.385. The molecule has 26 heavy (non-hydrogen) atoms. The van der Waals surface area contributed by atoms with Crippen molar-refractivity contribution in [3.63, 3.8) is 0 Å². The van der Waals surface area contributed by atoms with Crippen molar-refractivity contribution < 1.29 is 23.9 Å². The van der Waals surface area contributed by atoms with Crippen LogP contribution < -0.4 is 19.5 Å². The molecule has 0 bridgehead atoms. The van der Waals surface area contributed by atoms with Gasteiger partial charge in [0, 0.05) is 11.1 Å². The van der Waals surface area contributed by atoms with Crippen LogP contribution in [-0.2, 0) is 4.79 Å². The molecule has 0 saturated heterocycles. The number of hydrogen-bond donors (Lipinski definition) is 1. The molecule has 2 aromatic rings. The molecule has 8 nitrogen and oxygen atoms in total. The SMILES string of the molecule is C[C@@H](NC(=O)COc1ccc(Cl)cc1[N+](=O)[O-])c1ccc2c(c1)OCO2. The first-order valence-electron chi connectivity index (χ1n) is 7.69. The van der Waals surface area contributed by atoms with Gasteiger partial charge >= 0.3 is 5.69 Å². The van der Waals surface area contributed by atoms with Crippen LogP contribution in [0.5, 0.6) is 17.2 Å². The maximum Gasteiger partial charge on any atom is 0.312 e. The van der Waals surface area contributed by atoms with Crippen LogP contribution in [0.1, 0.15) is 18.5 Å². The Balaban J connectivity index is 1.60. The van der Waals surface area contributed by atoms with Gasteiger partial charge in [-0.05, 0) is 36.8 Å². The van der Waals surface area contributed by atoms with Gasteiger partial charge in [0.2, 0.25) is 6.79 Å². The van der Waals surface area contributed by atoms with Crippen LogP contribution in [-0.4, -0.2) is 24.2 Å². The predicted molar refractivity (Wildman–Crippen MR) is 92.7 cm³/mol. The molecule has 9 heteroatoms. The van der Waals surface area contributed by atoms with E-state index in [1.54, 1.807) is 19.1 Å². The zero-order valence-electron chi connectivity index (χ0n) is 13.7. The Morgan fingerprint density at radius 3 is 2.85 bits per heavy atom. The third kappa shape index (κ3) is 3.97. The minimum atomic E-state index is -0.617. The molecule has 0 aliphatic carbocycles. The first-order chi connectivity index (χ1) is 12.4. The molecule has 0 spiro atoms. The van der Waals surface area contributed by atoms with Gasteiger partial charge in [-0.3, -0.25) is 14.9 Å². The molecule has 3 rings (SSSR count). The summed E-state index contributed by atoms with van der Waals surface area (Å²) in [6, 6.07) is 9.06. The van der Waals surface area contributed by atoms with Crippen molar-refractivity contribution in [1.82, 2.24) is 5.32 Å². The zero-order valence-corrected chi connectivity index (χ0v) is 14.5. The van der Waals surface area contributed by atoms with Gasteiger partial charge in [-0.15, -0.1) is 0 Å². The third-order valence-electron chi connectivity index (χ3n) is 3.75. The number of nitro benzene ring substituents is 1. The van der Waals surface area contributed by atoms with E-state index in [0.29, 0.717) is 11.5 Å². The van der Waals surface area contributed by atoms with Crippen LogP contribution in [0.4, 0.5) is 5.69 Å². The summed E-state index contributed by atoms with van der Waals surface area (Å²) < 4.78 is 15.8. The van der Waals surface area contributed by atoms with Crippen molar-refractivity contribution in [1.29, 1.82) is 0 Å². The number of halogens is 1. The van der Waals surface area contributed by atoms with E-state index in [2.05, 4.69) is 5.32 Å². The molecule has 0 fully saturated rings. The molecule has 1 aliphatic rings. The predicted octanol–water partition coefficient (Wildman–Crippen LogP) is 3.23. The summed E-state index contributed by atoms with van der Waals surface area (Å²) in [7, 11) is 0. The second kappa shape index (κ2) is 7.49. The number of carbonyl (C=O) groups is 1. The van der Waals surface area contributed by atoms with Gasteiger partial charge in [-0.25, -0.2) is 0 Å². The monoisotopic (exact) mass is 378 g/mol. The van der Waals surface area contributed by atoms with Crippen LogP contribution in [0.15, 0.2) is 36.4 Å². The number of fused-ring (bicyclic) bond motifs is 1. The van der Waals surface area contributed by atoms with E-state index in [4.69, 9.17) is 25.8 Å². The molecule has 0 aromatic heterocycles. The van der Waals surface area contributed by atoms with Gasteiger partial charge in [0.1, 0.15) is 0 Å². The summed E-state index contributed by atoms with van der Waals surface area (Å²) in [4.78, 5) is 22.5. The number of nitrogens with one attached hydrogen (secondary N) is 1. The number of ether oxygens (including phenoxy) is 3. The molecule has 1 heterocycles. The molecule has 1 amide bonds. The fourth-order valence-electron chi connectivity index (χ4n) is 2.45. The van der Waals surface area contributed by atoms with Crippen LogP contribution in [0.2, 0.25) is 5.02 Å². The summed E-state index contributed by atoms with van der Waals surface area (Å²) in [5.74, 6) is 0.840. The van der Waals surface area contributed by atoms with Crippen LogP contribution >= 0.6 is 11.6 Å². The highest BCUT2D eigenvalue weighted by molar-refractivity contribution is 6.30. The van der Waals surface area contributed by atoms with Crippen LogP contribution in [0.25, 0.3) is 0 Å². The molecule has 1 N–H and O–H groups in total. The van der Waals surface area contributed by atoms with Crippen molar-refractivity contribution in [3.8, 4) is 17.2 Å². The van der Waals surface area contributed by atoms with Crippen molar-refractivity contribution in [2.24, 2.45) is 0 Å². The standard InChI is InChI=1S/C17H15ClN2O6/c1-10(11-2-4-15-16(6-11)26-9-25-15)19-17(21)8-24-14-5-3-12(18)7-13(14)20(22)23/h2-7,10H,8-9H2,1H3,(H,19,21)/t10-/m1/s1. The normalized spacial score (nSPS) is 13.2. The van der Waals surface area contributed by atoms with Gasteiger partial charge in [-0.1, -0.05) is 17.7 Å². The van der Waals surface area contributed by atoms with Gasteiger partial charge in [0.05, 0.1) is 11.0 Å². The molecular weight excluding hydrogens is 364 g/mol. The Bertz CT molecular complexity index is 857. The third-order valence-corrected chi connectivity index (χ3v) is 3.99. The van der Waals surface area contributed by atoms with Gasteiger partial charge in [0.15, 0.2) is 23.9 Å². The fourth-order valence-corrected chi connectivity index (χ4v) is 2.61. The summed E-state index contributed by atoms with van der Waals surface area (Å²) >= 11 is 5.74. The maximum atomic E-state index is 12.1. The smallest absolute Gasteiger partial charge is 0.312 e. The van der Waals surface area contributed by atoms with E-state index in [-0.39, 0.29) is 35.9 Å². The minimum absolute atomic E-state index is 0.0229. The number of amides is 1. The Morgan fingerprint density at radius 2 is 2.08 bits per heavy atom. The number of carbonyl (C=O) groups excluding carboxylic acids is 1. The van der Waals surface area contributed by atoms with E-state index < -0.39 is 10.8 Å². The van der Waals surface area contributed by atoms with E-state index in [9.17, 15) is 14.9 Å². The number of nitrogens with zero attached hydrogens (tertiary/aromatic N) is 1. The van der Waals surface area contributed by atoms with Gasteiger partial charge < -0.3 is 19.5 Å². The fraction of sp³-hybridized carbons (Fsp3) is 0.235. The Labute approximate surface area is 153 Å². The number of benzene rings is 2. The second-order valence-electron chi connectivity index (χ2n) is 5.56. The summed E-state index contributed by atoms with van der Waals surface area (Å²) in [6.45, 7) is 1.62. The minimum Gasteiger partial charge on any atom is -0.477 e. The van der Waals surface area contributed by atoms with Crippen molar-refractivity contribution in [2.45, 2.75) is 13.0 Å². The van der Waals surface area contributed by atoms with Crippen molar-refractivity contribution >= 4 is 23.2 Å². The molecule has 0 saturated carbocycles. The highest BCUT2D eigenvalue weighted by Gasteiger charge is 2.19. The van der Waals surface area contributed by atoms with Crippen LogP contribution in [0, 0.1) is 10.1 Å². The number of hydrogen-bond acceptors (Lipinski definition) is 6. The van der Waals surface area contributed by atoms with Crippen molar-refractivity contribution in [2.75, 3.05) is 13.4 Å². The maximum absolute atomic E-state index is 12.1. The molecule has 0 unspecified atom stereocenters. The summed E-state index contributed by atoms with van der Waals surface area (Å²) in [5, 5.41) is 14.0. The lowest BCUT2D eigenvalue weighted by Crippen LogP contribution is -2.31. The van der Waals surface area contributed by atoms with Gasteiger partial charge in [-0.2, -0.15) is 0 Å². The quantitative estimate of drug-likeness (QED) is 0.611. The average molecular weight is 379 g/mol. The molecule has 136 valence electrons. The van der Waals surface area contributed by atoms with E-state index in [0.717, 1.165) is 5.56 Å². The molecule has 0 radical (unpaired) electrons. The Kier molecular flexibility index (Phi) is 5.13. The molecule has 1 aliphatic heterocycles. The van der Waals surface area contributed by atoms with E-state index in [1.807, 2.05) is 6.07 Å². The zero-order chi connectivity index (χ0) is 18.7. The Hall–Kier alpha value is -3.00. The molecule has 1 atom stereocenters. The highest BCUT2D eigenvalue weighted by Crippen LogP contribution is 2.34. The number of nitro groups is 1. The van der Waals surface area contributed by atoms with Gasteiger partial charge in [0.25, 0.3) is 5.91 Å². The molecular formula is C17H15ClN2O6. The van der Waals surface area contributed by atoms with E-state index in [1.165, 1.54) is 18.2 Å².